The van der Waals surface area contributed by atoms with E-state index in [4.69, 9.17) is 0 Å². The summed E-state index contributed by atoms with van der Waals surface area (Å²) < 4.78 is 0.657. The average molecular weight is 347 g/mol. The van der Waals surface area contributed by atoms with Crippen LogP contribution in [0.2, 0.25) is 0 Å². The lowest BCUT2D eigenvalue weighted by molar-refractivity contribution is 0.0939. The van der Waals surface area contributed by atoms with Gasteiger partial charge in [0.15, 0.2) is 0 Å². The van der Waals surface area contributed by atoms with E-state index in [1.807, 2.05) is 6.92 Å². The molecule has 1 heterocycles. The van der Waals surface area contributed by atoms with Gasteiger partial charge in [-0.1, -0.05) is 38.1 Å². The maximum absolute atomic E-state index is 12.2. The Morgan fingerprint density at radius 2 is 1.71 bits per heavy atom. The number of amides is 1. The first-order valence-electron chi connectivity index (χ1n) is 6.99. The second kappa shape index (κ2) is 6.85. The highest BCUT2D eigenvalue weighted by Gasteiger charge is 2.12. The topological polar surface area (TPSA) is 42.0 Å². The first-order chi connectivity index (χ1) is 9.97. The van der Waals surface area contributed by atoms with Gasteiger partial charge < -0.3 is 5.32 Å². The molecule has 0 spiro atoms. The van der Waals surface area contributed by atoms with E-state index in [2.05, 4.69) is 64.3 Å². The molecule has 0 saturated carbocycles. The predicted molar refractivity (Wildman–Crippen MR) is 88.3 cm³/mol. The number of pyridine rings is 1. The molecule has 4 heteroatoms. The highest BCUT2D eigenvalue weighted by molar-refractivity contribution is 9.10. The van der Waals surface area contributed by atoms with Crippen LogP contribution in [0.25, 0.3) is 0 Å². The minimum Gasteiger partial charge on any atom is -0.346 e. The minimum absolute atomic E-state index is 0.0364. The van der Waals surface area contributed by atoms with Crippen molar-refractivity contribution in [2.75, 3.05) is 0 Å². The van der Waals surface area contributed by atoms with E-state index in [9.17, 15) is 4.79 Å². The largest absolute Gasteiger partial charge is 0.346 e. The number of carbonyl (C=O) groups excluding carboxylic acids is 1. The normalized spacial score (nSPS) is 12.2. The summed E-state index contributed by atoms with van der Waals surface area (Å²) in [5.41, 5.74) is 3.00. The lowest BCUT2D eigenvalue weighted by Gasteiger charge is -2.15. The van der Waals surface area contributed by atoms with Gasteiger partial charge in [0.2, 0.25) is 0 Å². The smallest absolute Gasteiger partial charge is 0.251 e. The van der Waals surface area contributed by atoms with Crippen molar-refractivity contribution < 1.29 is 4.79 Å². The van der Waals surface area contributed by atoms with Crippen LogP contribution in [0.3, 0.4) is 0 Å². The molecule has 2 rings (SSSR count). The fourth-order valence-corrected chi connectivity index (χ4v) is 2.44. The van der Waals surface area contributed by atoms with Gasteiger partial charge in [-0.15, -0.1) is 0 Å². The molecule has 0 saturated heterocycles. The van der Waals surface area contributed by atoms with E-state index in [0.29, 0.717) is 16.1 Å². The maximum atomic E-state index is 12.2. The van der Waals surface area contributed by atoms with Crippen molar-refractivity contribution in [3.8, 4) is 0 Å². The first kappa shape index (κ1) is 15.7. The van der Waals surface area contributed by atoms with Crippen LogP contribution in [-0.2, 0) is 0 Å². The van der Waals surface area contributed by atoms with Crippen LogP contribution >= 0.6 is 15.9 Å². The number of benzene rings is 1. The number of aromatic nitrogens is 1. The number of halogens is 1. The molecule has 1 aromatic carbocycles. The molecule has 21 heavy (non-hydrogen) atoms. The molecule has 0 aliphatic carbocycles. The molecule has 2 aromatic rings. The van der Waals surface area contributed by atoms with Gasteiger partial charge >= 0.3 is 0 Å². The number of rotatable bonds is 4. The minimum atomic E-state index is -0.0986. The molecule has 0 bridgehead atoms. The Labute approximate surface area is 133 Å². The number of nitrogens with zero attached hydrogens (tertiary/aromatic N) is 1. The third kappa shape index (κ3) is 4.14. The number of nitrogens with one attached hydrogen (secondary N) is 1. The second-order valence-corrected chi connectivity index (χ2v) is 6.20. The Bertz CT molecular complexity index is 623. The number of hydrogen-bond acceptors (Lipinski definition) is 2. The SMILES string of the molecule is CC(C)c1ccc(C(C)NC(=O)c2ccnc(Br)c2)cc1. The fourth-order valence-electron chi connectivity index (χ4n) is 2.08. The van der Waals surface area contributed by atoms with Crippen LogP contribution in [0.1, 0.15) is 54.2 Å². The van der Waals surface area contributed by atoms with E-state index in [1.165, 1.54) is 5.56 Å². The average Bonchev–Trinajstić information content (AvgIpc) is 2.47. The monoisotopic (exact) mass is 346 g/mol. The van der Waals surface area contributed by atoms with Crippen LogP contribution in [0.5, 0.6) is 0 Å². The highest BCUT2D eigenvalue weighted by atomic mass is 79.9. The molecule has 3 nitrogen and oxygen atoms in total. The van der Waals surface area contributed by atoms with Crippen molar-refractivity contribution in [1.82, 2.24) is 10.3 Å². The van der Waals surface area contributed by atoms with Crippen LogP contribution in [0, 0.1) is 0 Å². The molecule has 0 radical (unpaired) electrons. The Balaban J connectivity index is 2.07. The molecular formula is C17H19BrN2O. The Morgan fingerprint density at radius 3 is 2.29 bits per heavy atom. The van der Waals surface area contributed by atoms with Crippen LogP contribution < -0.4 is 5.32 Å². The molecule has 0 aliphatic rings. The van der Waals surface area contributed by atoms with E-state index >= 15 is 0 Å². The summed E-state index contributed by atoms with van der Waals surface area (Å²) in [4.78, 5) is 16.2. The van der Waals surface area contributed by atoms with Crippen LogP contribution in [0.4, 0.5) is 0 Å². The molecule has 1 atom stereocenters. The Kier molecular flexibility index (Phi) is 5.12. The quantitative estimate of drug-likeness (QED) is 0.830. The molecule has 110 valence electrons. The zero-order valence-corrected chi connectivity index (χ0v) is 14.0. The number of hydrogen-bond donors (Lipinski definition) is 1. The summed E-state index contributed by atoms with van der Waals surface area (Å²) in [7, 11) is 0. The van der Waals surface area contributed by atoms with E-state index < -0.39 is 0 Å². The summed E-state index contributed by atoms with van der Waals surface area (Å²) in [6.07, 6.45) is 1.61. The lowest BCUT2D eigenvalue weighted by atomic mass is 9.99. The molecule has 0 fully saturated rings. The molecule has 1 aromatic heterocycles. The van der Waals surface area contributed by atoms with Gasteiger partial charge in [-0.05, 0) is 52.0 Å². The zero-order valence-electron chi connectivity index (χ0n) is 12.4. The van der Waals surface area contributed by atoms with Gasteiger partial charge in [0, 0.05) is 11.8 Å². The van der Waals surface area contributed by atoms with Crippen molar-refractivity contribution >= 4 is 21.8 Å². The van der Waals surface area contributed by atoms with Gasteiger partial charge in [-0.3, -0.25) is 4.79 Å². The van der Waals surface area contributed by atoms with Crippen molar-refractivity contribution in [3.63, 3.8) is 0 Å². The first-order valence-corrected chi connectivity index (χ1v) is 7.79. The van der Waals surface area contributed by atoms with Crippen molar-refractivity contribution in [2.45, 2.75) is 32.7 Å². The summed E-state index contributed by atoms with van der Waals surface area (Å²) in [6, 6.07) is 11.8. The standard InChI is InChI=1S/C17H19BrN2O/c1-11(2)13-4-6-14(7-5-13)12(3)20-17(21)15-8-9-19-16(18)10-15/h4-12H,1-3H3,(H,20,21). The summed E-state index contributed by atoms with van der Waals surface area (Å²) in [5, 5.41) is 3.00. The van der Waals surface area contributed by atoms with Crippen LogP contribution in [0.15, 0.2) is 47.2 Å². The van der Waals surface area contributed by atoms with Crippen molar-refractivity contribution in [1.29, 1.82) is 0 Å². The van der Waals surface area contributed by atoms with Crippen molar-refractivity contribution in [3.05, 3.63) is 63.9 Å². The molecule has 1 unspecified atom stereocenters. The van der Waals surface area contributed by atoms with Gasteiger partial charge in [0.05, 0.1) is 6.04 Å². The van der Waals surface area contributed by atoms with E-state index in [1.54, 1.807) is 18.3 Å². The molecule has 1 N–H and O–H groups in total. The lowest BCUT2D eigenvalue weighted by Crippen LogP contribution is -2.26. The van der Waals surface area contributed by atoms with Gasteiger partial charge in [-0.2, -0.15) is 0 Å². The molecular weight excluding hydrogens is 328 g/mol. The van der Waals surface area contributed by atoms with Crippen LogP contribution in [-0.4, -0.2) is 10.9 Å². The zero-order chi connectivity index (χ0) is 15.4. The summed E-state index contributed by atoms with van der Waals surface area (Å²) in [6.45, 7) is 6.32. The second-order valence-electron chi connectivity index (χ2n) is 5.38. The third-order valence-electron chi connectivity index (χ3n) is 3.44. The summed E-state index contributed by atoms with van der Waals surface area (Å²) in [5.74, 6) is 0.414. The Morgan fingerprint density at radius 1 is 1.10 bits per heavy atom. The van der Waals surface area contributed by atoms with Crippen molar-refractivity contribution in [2.24, 2.45) is 0 Å². The molecule has 1 amide bonds. The number of carbonyl (C=O) groups is 1. The Hall–Kier alpha value is -1.68. The fraction of sp³-hybridized carbons (Fsp3) is 0.294. The van der Waals surface area contributed by atoms with Gasteiger partial charge in [0.25, 0.3) is 5.91 Å². The van der Waals surface area contributed by atoms with E-state index in [-0.39, 0.29) is 11.9 Å². The van der Waals surface area contributed by atoms with Gasteiger partial charge in [-0.25, -0.2) is 4.98 Å². The summed E-state index contributed by atoms with van der Waals surface area (Å²) >= 11 is 3.27. The maximum Gasteiger partial charge on any atom is 0.251 e. The van der Waals surface area contributed by atoms with E-state index in [0.717, 1.165) is 5.56 Å². The predicted octanol–water partition coefficient (Wildman–Crippen LogP) is 4.46. The highest BCUT2D eigenvalue weighted by Crippen LogP contribution is 2.19. The third-order valence-corrected chi connectivity index (χ3v) is 3.87. The molecule has 0 aliphatic heterocycles. The van der Waals surface area contributed by atoms with Gasteiger partial charge in [0.1, 0.15) is 4.60 Å².